The van der Waals surface area contributed by atoms with Crippen LogP contribution >= 0.6 is 0 Å². The molecule has 2 heterocycles. The molecule has 1 amide bonds. The highest BCUT2D eigenvalue weighted by Crippen LogP contribution is 2.16. The molecular weight excluding hydrogens is 346 g/mol. The van der Waals surface area contributed by atoms with Crippen LogP contribution in [0.4, 0.5) is 5.69 Å². The van der Waals surface area contributed by atoms with E-state index in [-0.39, 0.29) is 18.3 Å². The van der Waals surface area contributed by atoms with E-state index < -0.39 is 5.76 Å². The second kappa shape index (κ2) is 7.17. The van der Waals surface area contributed by atoms with Crippen LogP contribution in [0.1, 0.15) is 15.9 Å². The summed E-state index contributed by atoms with van der Waals surface area (Å²) in [6.45, 7) is 0.226. The first-order chi connectivity index (χ1) is 13.2. The maximum atomic E-state index is 12.3. The van der Waals surface area contributed by atoms with Crippen LogP contribution in [0.25, 0.3) is 11.7 Å². The molecule has 0 aliphatic heterocycles. The first-order valence-corrected chi connectivity index (χ1v) is 8.26. The smallest absolute Gasteiger partial charge is 0.437 e. The number of nitrogens with zero attached hydrogens (tertiary/aromatic N) is 2. The molecule has 1 N–H and O–H groups in total. The lowest BCUT2D eigenvalue weighted by molar-refractivity contribution is 0.102. The first kappa shape index (κ1) is 16.6. The van der Waals surface area contributed by atoms with Crippen molar-refractivity contribution < 1.29 is 13.6 Å². The summed E-state index contributed by atoms with van der Waals surface area (Å²) in [5.74, 6) is -0.263. The number of para-hydroxylation sites is 1. The monoisotopic (exact) mass is 361 g/mol. The SMILES string of the molecule is O=C(Nc1ccccc1)c1ccc(Cn2nc(-c3ccco3)oc2=O)cc1. The van der Waals surface area contributed by atoms with Crippen molar-refractivity contribution in [3.05, 3.63) is 94.7 Å². The fraction of sp³-hybridized carbons (Fsp3) is 0.0500. The Kier molecular flexibility index (Phi) is 4.40. The van der Waals surface area contributed by atoms with Gasteiger partial charge in [0, 0.05) is 11.3 Å². The van der Waals surface area contributed by atoms with E-state index in [1.54, 1.807) is 36.4 Å². The lowest BCUT2D eigenvalue weighted by atomic mass is 10.1. The van der Waals surface area contributed by atoms with E-state index in [2.05, 4.69) is 10.4 Å². The van der Waals surface area contributed by atoms with E-state index in [1.807, 2.05) is 30.3 Å². The minimum absolute atomic E-state index is 0.129. The molecule has 134 valence electrons. The van der Waals surface area contributed by atoms with Crippen LogP contribution in [0.3, 0.4) is 0 Å². The minimum Gasteiger partial charge on any atom is -0.459 e. The molecule has 0 radical (unpaired) electrons. The largest absolute Gasteiger partial charge is 0.459 e. The molecule has 2 aromatic carbocycles. The zero-order valence-electron chi connectivity index (χ0n) is 14.2. The highest BCUT2D eigenvalue weighted by molar-refractivity contribution is 6.04. The molecule has 4 rings (SSSR count). The molecule has 0 saturated carbocycles. The van der Waals surface area contributed by atoms with Gasteiger partial charge in [0.25, 0.3) is 11.8 Å². The lowest BCUT2D eigenvalue weighted by Crippen LogP contribution is -2.17. The molecule has 0 saturated heterocycles. The number of aromatic nitrogens is 2. The van der Waals surface area contributed by atoms with Crippen molar-refractivity contribution in [2.45, 2.75) is 6.54 Å². The van der Waals surface area contributed by atoms with Crippen molar-refractivity contribution in [1.82, 2.24) is 9.78 Å². The number of benzene rings is 2. The van der Waals surface area contributed by atoms with Gasteiger partial charge >= 0.3 is 5.76 Å². The van der Waals surface area contributed by atoms with Gasteiger partial charge < -0.3 is 14.2 Å². The fourth-order valence-electron chi connectivity index (χ4n) is 2.57. The maximum absolute atomic E-state index is 12.3. The highest BCUT2D eigenvalue weighted by Gasteiger charge is 2.13. The molecule has 0 bridgehead atoms. The summed E-state index contributed by atoms with van der Waals surface area (Å²) < 4.78 is 11.5. The third-order valence-electron chi connectivity index (χ3n) is 3.92. The zero-order chi connectivity index (χ0) is 18.6. The lowest BCUT2D eigenvalue weighted by Gasteiger charge is -2.06. The molecule has 2 aromatic heterocycles. The van der Waals surface area contributed by atoms with Crippen LogP contribution in [-0.2, 0) is 6.54 Å². The second-order valence-corrected chi connectivity index (χ2v) is 5.83. The number of hydrogen-bond donors (Lipinski definition) is 1. The molecule has 7 nitrogen and oxygen atoms in total. The molecule has 0 atom stereocenters. The number of amides is 1. The summed E-state index contributed by atoms with van der Waals surface area (Å²) in [7, 11) is 0. The van der Waals surface area contributed by atoms with Crippen LogP contribution in [0, 0.1) is 0 Å². The average molecular weight is 361 g/mol. The van der Waals surface area contributed by atoms with Crippen LogP contribution in [0.2, 0.25) is 0 Å². The van der Waals surface area contributed by atoms with Crippen LogP contribution in [0.15, 0.2) is 86.6 Å². The quantitative estimate of drug-likeness (QED) is 0.588. The Morgan fingerprint density at radius 3 is 2.48 bits per heavy atom. The highest BCUT2D eigenvalue weighted by atomic mass is 16.4. The summed E-state index contributed by atoms with van der Waals surface area (Å²) in [5.41, 5.74) is 2.06. The molecule has 0 aliphatic rings. The molecule has 0 spiro atoms. The summed E-state index contributed by atoms with van der Waals surface area (Å²) in [4.78, 5) is 24.2. The van der Waals surface area contributed by atoms with Gasteiger partial charge in [-0.2, -0.15) is 4.68 Å². The van der Waals surface area contributed by atoms with Gasteiger partial charge in [-0.05, 0) is 42.0 Å². The third kappa shape index (κ3) is 3.72. The summed E-state index contributed by atoms with van der Waals surface area (Å²) in [6, 6.07) is 19.5. The average Bonchev–Trinajstić information content (AvgIpc) is 3.34. The van der Waals surface area contributed by atoms with Crippen molar-refractivity contribution in [2.24, 2.45) is 0 Å². The van der Waals surface area contributed by atoms with E-state index in [0.717, 1.165) is 11.3 Å². The Labute approximate surface area is 153 Å². The molecule has 0 unspecified atom stereocenters. The van der Waals surface area contributed by atoms with Gasteiger partial charge in [0.05, 0.1) is 12.8 Å². The number of rotatable bonds is 5. The summed E-state index contributed by atoms with van der Waals surface area (Å²) >= 11 is 0. The van der Waals surface area contributed by atoms with E-state index >= 15 is 0 Å². The zero-order valence-corrected chi connectivity index (χ0v) is 14.2. The Bertz CT molecular complexity index is 1090. The van der Waals surface area contributed by atoms with E-state index in [1.165, 1.54) is 10.9 Å². The number of hydrogen-bond acceptors (Lipinski definition) is 5. The van der Waals surface area contributed by atoms with Gasteiger partial charge in [0.2, 0.25) is 0 Å². The van der Waals surface area contributed by atoms with Crippen molar-refractivity contribution in [3.63, 3.8) is 0 Å². The van der Waals surface area contributed by atoms with Crippen molar-refractivity contribution in [3.8, 4) is 11.7 Å². The van der Waals surface area contributed by atoms with E-state index in [0.29, 0.717) is 11.3 Å². The van der Waals surface area contributed by atoms with Crippen LogP contribution in [-0.4, -0.2) is 15.7 Å². The molecule has 0 aliphatic carbocycles. The van der Waals surface area contributed by atoms with Crippen LogP contribution < -0.4 is 11.1 Å². The number of nitrogens with one attached hydrogen (secondary N) is 1. The Morgan fingerprint density at radius 1 is 1.00 bits per heavy atom. The van der Waals surface area contributed by atoms with Crippen LogP contribution in [0.5, 0.6) is 0 Å². The third-order valence-corrected chi connectivity index (χ3v) is 3.92. The Hall–Kier alpha value is -3.87. The Balaban J connectivity index is 1.47. The number of anilines is 1. The van der Waals surface area contributed by atoms with Gasteiger partial charge in [-0.1, -0.05) is 30.3 Å². The molecular formula is C20H15N3O4. The molecule has 4 aromatic rings. The number of carbonyl (C=O) groups excluding carboxylic acids is 1. The van der Waals surface area contributed by atoms with Gasteiger partial charge in [-0.25, -0.2) is 4.79 Å². The predicted octanol–water partition coefficient (Wildman–Crippen LogP) is 3.40. The normalized spacial score (nSPS) is 10.7. The number of carbonyl (C=O) groups is 1. The fourth-order valence-corrected chi connectivity index (χ4v) is 2.57. The van der Waals surface area contributed by atoms with Crippen molar-refractivity contribution >= 4 is 11.6 Å². The Morgan fingerprint density at radius 2 is 1.78 bits per heavy atom. The second-order valence-electron chi connectivity index (χ2n) is 5.83. The molecule has 0 fully saturated rings. The van der Waals surface area contributed by atoms with E-state index in [4.69, 9.17) is 8.83 Å². The van der Waals surface area contributed by atoms with Gasteiger partial charge in [-0.3, -0.25) is 4.79 Å². The van der Waals surface area contributed by atoms with Gasteiger partial charge in [0.1, 0.15) is 0 Å². The van der Waals surface area contributed by atoms with E-state index in [9.17, 15) is 9.59 Å². The van der Waals surface area contributed by atoms with Gasteiger partial charge in [0.15, 0.2) is 5.76 Å². The molecule has 27 heavy (non-hydrogen) atoms. The van der Waals surface area contributed by atoms with Gasteiger partial charge in [-0.15, -0.1) is 5.10 Å². The first-order valence-electron chi connectivity index (χ1n) is 8.26. The standard InChI is InChI=1S/C20H15N3O4/c24-18(21-16-5-2-1-3-6-16)15-10-8-14(9-11-15)13-23-20(25)27-19(22-23)17-7-4-12-26-17/h1-12H,13H2,(H,21,24). The predicted molar refractivity (Wildman–Crippen MR) is 98.4 cm³/mol. The number of furan rings is 1. The minimum atomic E-state index is -0.577. The topological polar surface area (TPSA) is 90.3 Å². The maximum Gasteiger partial charge on any atom is 0.437 e. The van der Waals surface area contributed by atoms with Crippen molar-refractivity contribution in [2.75, 3.05) is 5.32 Å². The summed E-state index contributed by atoms with van der Waals surface area (Å²) in [5, 5.41) is 6.95. The van der Waals surface area contributed by atoms with Crippen molar-refractivity contribution in [1.29, 1.82) is 0 Å². The summed E-state index contributed by atoms with van der Waals surface area (Å²) in [6.07, 6.45) is 1.48. The molecule has 7 heteroatoms.